The van der Waals surface area contributed by atoms with Gasteiger partial charge in [-0.05, 0) is 66.9 Å². The van der Waals surface area contributed by atoms with Crippen LogP contribution in [0, 0.1) is 6.92 Å². The minimum absolute atomic E-state index is 0.247. The average molecular weight is 449 g/mol. The molecule has 168 valence electrons. The van der Waals surface area contributed by atoms with Crippen LogP contribution in [0.1, 0.15) is 23.8 Å². The Morgan fingerprint density at radius 1 is 0.941 bits per heavy atom. The first-order valence-corrected chi connectivity index (χ1v) is 11.2. The SMILES string of the molecule is CCc1ccc2oc(-c3ccc(C)c(NC(=O)C=Cc4ccc(-c5ccccc5)o4)c3)nc2c1. The normalized spacial score (nSPS) is 11.4. The molecule has 34 heavy (non-hydrogen) atoms. The maximum atomic E-state index is 12.6. The molecule has 1 amide bonds. The van der Waals surface area contributed by atoms with E-state index in [1.54, 1.807) is 6.08 Å². The number of anilines is 1. The van der Waals surface area contributed by atoms with Crippen molar-refractivity contribution in [2.45, 2.75) is 20.3 Å². The van der Waals surface area contributed by atoms with Gasteiger partial charge in [-0.1, -0.05) is 49.4 Å². The van der Waals surface area contributed by atoms with Crippen LogP contribution in [-0.4, -0.2) is 10.9 Å². The fraction of sp³-hybridized carbons (Fsp3) is 0.103. The number of hydrogen-bond acceptors (Lipinski definition) is 4. The van der Waals surface area contributed by atoms with Gasteiger partial charge in [0.2, 0.25) is 11.8 Å². The maximum absolute atomic E-state index is 12.6. The Labute approximate surface area is 197 Å². The minimum Gasteiger partial charge on any atom is -0.457 e. The number of nitrogens with one attached hydrogen (secondary N) is 1. The summed E-state index contributed by atoms with van der Waals surface area (Å²) in [7, 11) is 0. The zero-order valence-electron chi connectivity index (χ0n) is 19.0. The van der Waals surface area contributed by atoms with E-state index in [4.69, 9.17) is 8.83 Å². The number of furan rings is 1. The molecule has 5 aromatic rings. The quantitative estimate of drug-likeness (QED) is 0.277. The van der Waals surface area contributed by atoms with Gasteiger partial charge in [-0.25, -0.2) is 4.98 Å². The monoisotopic (exact) mass is 448 g/mol. The third-order valence-corrected chi connectivity index (χ3v) is 5.69. The van der Waals surface area contributed by atoms with Crippen LogP contribution in [0.2, 0.25) is 0 Å². The summed E-state index contributed by atoms with van der Waals surface area (Å²) < 4.78 is 11.8. The molecule has 0 unspecified atom stereocenters. The van der Waals surface area contributed by atoms with Gasteiger partial charge in [0.05, 0.1) is 0 Å². The average Bonchev–Trinajstić information content (AvgIpc) is 3.51. The lowest BCUT2D eigenvalue weighted by atomic mass is 10.1. The van der Waals surface area contributed by atoms with E-state index in [1.165, 1.54) is 11.6 Å². The third kappa shape index (κ3) is 4.55. The molecule has 0 atom stereocenters. The predicted octanol–water partition coefficient (Wildman–Crippen LogP) is 7.28. The molecule has 5 heteroatoms. The van der Waals surface area contributed by atoms with Crippen molar-refractivity contribution in [3.8, 4) is 22.8 Å². The number of oxazole rings is 1. The maximum Gasteiger partial charge on any atom is 0.248 e. The third-order valence-electron chi connectivity index (χ3n) is 5.69. The lowest BCUT2D eigenvalue weighted by Crippen LogP contribution is -2.09. The number of benzene rings is 3. The first-order valence-electron chi connectivity index (χ1n) is 11.2. The van der Waals surface area contributed by atoms with Gasteiger partial charge in [-0.3, -0.25) is 4.79 Å². The van der Waals surface area contributed by atoms with Crippen molar-refractivity contribution in [2.24, 2.45) is 0 Å². The van der Waals surface area contributed by atoms with E-state index in [2.05, 4.69) is 17.2 Å². The Hall–Kier alpha value is -4.38. The highest BCUT2D eigenvalue weighted by atomic mass is 16.3. The van der Waals surface area contributed by atoms with Gasteiger partial charge in [0.1, 0.15) is 17.0 Å². The Morgan fingerprint density at radius 2 is 1.79 bits per heavy atom. The minimum atomic E-state index is -0.247. The summed E-state index contributed by atoms with van der Waals surface area (Å²) in [5, 5.41) is 2.94. The van der Waals surface area contributed by atoms with Gasteiger partial charge < -0.3 is 14.2 Å². The zero-order valence-corrected chi connectivity index (χ0v) is 19.0. The molecule has 0 aliphatic heterocycles. The molecule has 0 fully saturated rings. The molecule has 5 nitrogen and oxygen atoms in total. The lowest BCUT2D eigenvalue weighted by Gasteiger charge is -2.07. The number of fused-ring (bicyclic) bond motifs is 1. The Bertz CT molecular complexity index is 1490. The molecule has 2 aromatic heterocycles. The van der Waals surface area contributed by atoms with Crippen LogP contribution in [0.3, 0.4) is 0 Å². The Balaban J connectivity index is 1.32. The van der Waals surface area contributed by atoms with E-state index in [1.807, 2.05) is 85.8 Å². The molecule has 0 saturated carbocycles. The summed E-state index contributed by atoms with van der Waals surface area (Å²) >= 11 is 0. The van der Waals surface area contributed by atoms with Gasteiger partial charge in [0.25, 0.3) is 0 Å². The number of amides is 1. The molecule has 0 aliphatic carbocycles. The molecular weight excluding hydrogens is 424 g/mol. The van der Waals surface area contributed by atoms with Crippen LogP contribution in [0.4, 0.5) is 5.69 Å². The number of carbonyl (C=O) groups excluding carboxylic acids is 1. The summed E-state index contributed by atoms with van der Waals surface area (Å²) in [5.74, 6) is 1.65. The van der Waals surface area contributed by atoms with Crippen LogP contribution in [0.25, 0.3) is 40.0 Å². The molecular formula is C29H24N2O3. The predicted molar refractivity (Wildman–Crippen MR) is 135 cm³/mol. The standard InChI is InChI=1S/C29H24N2O3/c1-3-20-10-14-27-25(17-20)31-29(34-27)22-11-9-19(2)24(18-22)30-28(32)16-13-23-12-15-26(33-23)21-7-5-4-6-8-21/h4-18H,3H2,1-2H3,(H,30,32). The summed E-state index contributed by atoms with van der Waals surface area (Å²) in [6.07, 6.45) is 4.07. The van der Waals surface area contributed by atoms with Crippen LogP contribution >= 0.6 is 0 Å². The first-order chi connectivity index (χ1) is 16.6. The zero-order chi connectivity index (χ0) is 23.5. The van der Waals surface area contributed by atoms with Crippen molar-refractivity contribution in [1.82, 2.24) is 4.98 Å². The van der Waals surface area contributed by atoms with Gasteiger partial charge in [0.15, 0.2) is 5.58 Å². The van der Waals surface area contributed by atoms with Crippen molar-refractivity contribution in [3.63, 3.8) is 0 Å². The number of aryl methyl sites for hydroxylation is 2. The first kappa shape index (κ1) is 21.5. The molecule has 0 saturated heterocycles. The van der Waals surface area contributed by atoms with E-state index in [9.17, 15) is 4.79 Å². The number of nitrogens with zero attached hydrogens (tertiary/aromatic N) is 1. The summed E-state index contributed by atoms with van der Waals surface area (Å²) in [6, 6.07) is 25.4. The van der Waals surface area contributed by atoms with Gasteiger partial charge >= 0.3 is 0 Å². The molecule has 0 radical (unpaired) electrons. The van der Waals surface area contributed by atoms with Gasteiger partial charge in [0, 0.05) is 22.9 Å². The fourth-order valence-electron chi connectivity index (χ4n) is 3.74. The highest BCUT2D eigenvalue weighted by Crippen LogP contribution is 2.29. The van der Waals surface area contributed by atoms with E-state index < -0.39 is 0 Å². The van der Waals surface area contributed by atoms with Gasteiger partial charge in [-0.15, -0.1) is 0 Å². The van der Waals surface area contributed by atoms with E-state index in [-0.39, 0.29) is 5.91 Å². The van der Waals surface area contributed by atoms with Crippen molar-refractivity contribution in [3.05, 3.63) is 102 Å². The largest absolute Gasteiger partial charge is 0.457 e. The Kier molecular flexibility index (Phi) is 5.83. The summed E-state index contributed by atoms with van der Waals surface area (Å²) in [5.41, 5.74) is 6.23. The number of rotatable bonds is 6. The molecule has 3 aromatic carbocycles. The van der Waals surface area contributed by atoms with Crippen molar-refractivity contribution in [2.75, 3.05) is 5.32 Å². The van der Waals surface area contributed by atoms with Gasteiger partial charge in [-0.2, -0.15) is 0 Å². The van der Waals surface area contributed by atoms with E-state index in [0.717, 1.165) is 40.0 Å². The number of hydrogen-bond donors (Lipinski definition) is 1. The molecule has 0 aliphatic rings. The second-order valence-electron chi connectivity index (χ2n) is 8.09. The topological polar surface area (TPSA) is 68.3 Å². The molecule has 5 rings (SSSR count). The smallest absolute Gasteiger partial charge is 0.248 e. The van der Waals surface area contributed by atoms with Crippen LogP contribution in [0.5, 0.6) is 0 Å². The van der Waals surface area contributed by atoms with Crippen molar-refractivity contribution >= 4 is 28.8 Å². The highest BCUT2D eigenvalue weighted by Gasteiger charge is 2.11. The lowest BCUT2D eigenvalue weighted by molar-refractivity contribution is -0.111. The Morgan fingerprint density at radius 3 is 2.62 bits per heavy atom. The van der Waals surface area contributed by atoms with Crippen molar-refractivity contribution in [1.29, 1.82) is 0 Å². The van der Waals surface area contributed by atoms with E-state index in [0.29, 0.717) is 17.3 Å². The molecule has 0 bridgehead atoms. The van der Waals surface area contributed by atoms with Crippen LogP contribution in [0.15, 0.2) is 93.8 Å². The summed E-state index contributed by atoms with van der Waals surface area (Å²) in [4.78, 5) is 17.2. The highest BCUT2D eigenvalue weighted by molar-refractivity contribution is 6.02. The second kappa shape index (κ2) is 9.24. The van der Waals surface area contributed by atoms with E-state index >= 15 is 0 Å². The molecule has 0 spiro atoms. The number of aromatic nitrogens is 1. The second-order valence-corrected chi connectivity index (χ2v) is 8.09. The molecule has 1 N–H and O–H groups in total. The number of carbonyl (C=O) groups is 1. The fourth-order valence-corrected chi connectivity index (χ4v) is 3.74. The molecule has 2 heterocycles. The van der Waals surface area contributed by atoms with Crippen LogP contribution < -0.4 is 5.32 Å². The summed E-state index contributed by atoms with van der Waals surface area (Å²) in [6.45, 7) is 4.06. The van der Waals surface area contributed by atoms with Crippen molar-refractivity contribution < 1.29 is 13.6 Å². The van der Waals surface area contributed by atoms with Crippen LogP contribution in [-0.2, 0) is 11.2 Å².